The van der Waals surface area contributed by atoms with E-state index in [-0.39, 0.29) is 10.7 Å². The second-order valence-corrected chi connectivity index (χ2v) is 10.8. The smallest absolute Gasteiger partial charge is 0.239 e. The van der Waals surface area contributed by atoms with Gasteiger partial charge < -0.3 is 14.0 Å². The summed E-state index contributed by atoms with van der Waals surface area (Å²) < 4.78 is 18.8. The predicted molar refractivity (Wildman–Crippen MR) is 128 cm³/mol. The SMILES string of the molecule is COc1ccc(-c2nnc(SC(C)c3nc(C(C)(C)C)no3)n2C2CCCCC2)cc1OC. The van der Waals surface area contributed by atoms with Gasteiger partial charge in [-0.1, -0.05) is 57.0 Å². The standard InChI is InChI=1S/C24H33N5O3S/c1-15(21-25-22(28-32-21)24(2,3)4)33-23-27-26-20(29(23)17-10-8-7-9-11-17)16-12-13-18(30-5)19(14-16)31-6/h12-15,17H,7-11H2,1-6H3. The third kappa shape index (κ3) is 5.03. The van der Waals surface area contributed by atoms with E-state index in [1.165, 1.54) is 19.3 Å². The summed E-state index contributed by atoms with van der Waals surface area (Å²) in [6.45, 7) is 8.30. The molecular weight excluding hydrogens is 438 g/mol. The van der Waals surface area contributed by atoms with E-state index < -0.39 is 0 Å². The van der Waals surface area contributed by atoms with Crippen LogP contribution < -0.4 is 9.47 Å². The summed E-state index contributed by atoms with van der Waals surface area (Å²) in [5.74, 6) is 3.54. The number of methoxy groups -OCH3 is 2. The Kier molecular flexibility index (Phi) is 6.97. The Morgan fingerprint density at radius 2 is 1.79 bits per heavy atom. The first-order valence-electron chi connectivity index (χ1n) is 11.5. The van der Waals surface area contributed by atoms with Crippen molar-refractivity contribution in [3.05, 3.63) is 29.9 Å². The molecule has 1 saturated carbocycles. The highest BCUT2D eigenvalue weighted by Gasteiger charge is 2.28. The third-order valence-corrected chi connectivity index (χ3v) is 7.03. The average Bonchev–Trinajstić information content (AvgIpc) is 3.47. The molecule has 1 atom stereocenters. The maximum absolute atomic E-state index is 5.59. The van der Waals surface area contributed by atoms with Crippen LogP contribution in [0.15, 0.2) is 27.9 Å². The zero-order valence-electron chi connectivity index (χ0n) is 20.3. The molecule has 8 nitrogen and oxygen atoms in total. The Bertz CT molecular complexity index is 1080. The van der Waals surface area contributed by atoms with Gasteiger partial charge in [0.1, 0.15) is 0 Å². The fraction of sp³-hybridized carbons (Fsp3) is 0.583. The van der Waals surface area contributed by atoms with Gasteiger partial charge >= 0.3 is 0 Å². The largest absolute Gasteiger partial charge is 0.493 e. The van der Waals surface area contributed by atoms with Gasteiger partial charge in [0.25, 0.3) is 0 Å². The molecule has 0 N–H and O–H groups in total. The Labute approximate surface area is 199 Å². The van der Waals surface area contributed by atoms with Gasteiger partial charge in [0.05, 0.1) is 19.5 Å². The fourth-order valence-electron chi connectivity index (χ4n) is 4.11. The van der Waals surface area contributed by atoms with Crippen molar-refractivity contribution in [1.29, 1.82) is 0 Å². The molecule has 4 rings (SSSR count). The van der Waals surface area contributed by atoms with Gasteiger partial charge in [0.15, 0.2) is 28.3 Å². The summed E-state index contributed by atoms with van der Waals surface area (Å²) >= 11 is 1.61. The molecule has 0 radical (unpaired) electrons. The highest BCUT2D eigenvalue weighted by molar-refractivity contribution is 7.99. The van der Waals surface area contributed by atoms with Crippen LogP contribution in [0.4, 0.5) is 0 Å². The van der Waals surface area contributed by atoms with Crippen molar-refractivity contribution in [1.82, 2.24) is 24.9 Å². The average molecular weight is 472 g/mol. The number of rotatable bonds is 7. The highest BCUT2D eigenvalue weighted by Crippen LogP contribution is 2.41. The van der Waals surface area contributed by atoms with Crippen molar-refractivity contribution in [2.45, 2.75) is 81.7 Å². The molecule has 9 heteroatoms. The molecule has 1 fully saturated rings. The minimum Gasteiger partial charge on any atom is -0.493 e. The first-order chi connectivity index (χ1) is 15.8. The molecule has 2 aromatic heterocycles. The molecule has 0 spiro atoms. The van der Waals surface area contributed by atoms with E-state index in [4.69, 9.17) is 14.0 Å². The van der Waals surface area contributed by atoms with Gasteiger partial charge in [0.2, 0.25) is 5.89 Å². The van der Waals surface area contributed by atoms with Crippen LogP contribution in [0.1, 0.15) is 82.8 Å². The normalized spacial score (nSPS) is 16.1. The lowest BCUT2D eigenvalue weighted by molar-refractivity contribution is 0.338. The Morgan fingerprint density at radius 3 is 2.42 bits per heavy atom. The lowest BCUT2D eigenvalue weighted by Crippen LogP contribution is -2.15. The second-order valence-electron chi connectivity index (χ2n) is 9.50. The molecular formula is C24H33N5O3S. The van der Waals surface area contributed by atoms with E-state index in [2.05, 4.69) is 52.6 Å². The van der Waals surface area contributed by atoms with Crippen molar-refractivity contribution >= 4 is 11.8 Å². The number of hydrogen-bond donors (Lipinski definition) is 0. The molecule has 0 amide bonds. The number of ether oxygens (including phenoxy) is 2. The zero-order valence-corrected chi connectivity index (χ0v) is 21.1. The zero-order chi connectivity index (χ0) is 23.6. The molecule has 33 heavy (non-hydrogen) atoms. The molecule has 0 aliphatic heterocycles. The van der Waals surface area contributed by atoms with Crippen LogP contribution >= 0.6 is 11.8 Å². The van der Waals surface area contributed by atoms with E-state index in [1.54, 1.807) is 26.0 Å². The maximum Gasteiger partial charge on any atom is 0.239 e. The number of aromatic nitrogens is 5. The lowest BCUT2D eigenvalue weighted by Gasteiger charge is -2.26. The fourth-order valence-corrected chi connectivity index (χ4v) is 5.06. The van der Waals surface area contributed by atoms with Crippen LogP contribution in [-0.4, -0.2) is 39.1 Å². The van der Waals surface area contributed by atoms with Crippen LogP contribution in [0.3, 0.4) is 0 Å². The predicted octanol–water partition coefficient (Wildman–Crippen LogP) is 6.00. The van der Waals surface area contributed by atoms with Crippen LogP contribution in [-0.2, 0) is 5.41 Å². The molecule has 178 valence electrons. The summed E-state index contributed by atoms with van der Waals surface area (Å²) in [5.41, 5.74) is 0.799. The molecule has 3 aromatic rings. The van der Waals surface area contributed by atoms with Crippen molar-refractivity contribution in [3.8, 4) is 22.9 Å². The van der Waals surface area contributed by atoms with E-state index >= 15 is 0 Å². The molecule has 1 aliphatic rings. The van der Waals surface area contributed by atoms with E-state index in [9.17, 15) is 0 Å². The van der Waals surface area contributed by atoms with E-state index in [0.29, 0.717) is 29.3 Å². The minimum atomic E-state index is -0.158. The van der Waals surface area contributed by atoms with Crippen LogP contribution in [0.5, 0.6) is 11.5 Å². The monoisotopic (exact) mass is 471 g/mol. The summed E-state index contributed by atoms with van der Waals surface area (Å²) in [6.07, 6.45) is 5.95. The number of hydrogen-bond acceptors (Lipinski definition) is 8. The maximum atomic E-state index is 5.59. The second kappa shape index (κ2) is 9.75. The summed E-state index contributed by atoms with van der Waals surface area (Å²) in [7, 11) is 3.29. The number of nitrogens with zero attached hydrogens (tertiary/aromatic N) is 5. The Morgan fingerprint density at radius 1 is 1.06 bits per heavy atom. The van der Waals surface area contributed by atoms with Crippen molar-refractivity contribution in [2.75, 3.05) is 14.2 Å². The van der Waals surface area contributed by atoms with Gasteiger partial charge in [0, 0.05) is 17.0 Å². The van der Waals surface area contributed by atoms with Crippen LogP contribution in [0, 0.1) is 0 Å². The Hall–Kier alpha value is -2.55. The van der Waals surface area contributed by atoms with Crippen LogP contribution in [0.25, 0.3) is 11.4 Å². The van der Waals surface area contributed by atoms with E-state index in [1.807, 2.05) is 18.2 Å². The third-order valence-electron chi connectivity index (χ3n) is 5.99. The van der Waals surface area contributed by atoms with Crippen LogP contribution in [0.2, 0.25) is 0 Å². The summed E-state index contributed by atoms with van der Waals surface area (Å²) in [6, 6.07) is 6.25. The molecule has 1 aromatic carbocycles. The van der Waals surface area contributed by atoms with Gasteiger partial charge in [-0.05, 0) is 38.0 Å². The van der Waals surface area contributed by atoms with Gasteiger partial charge in [-0.3, -0.25) is 4.57 Å². The lowest BCUT2D eigenvalue weighted by atomic mass is 9.95. The van der Waals surface area contributed by atoms with Crippen molar-refractivity contribution in [2.24, 2.45) is 0 Å². The quantitative estimate of drug-likeness (QED) is 0.388. The Balaban J connectivity index is 1.69. The highest BCUT2D eigenvalue weighted by atomic mass is 32.2. The van der Waals surface area contributed by atoms with Gasteiger partial charge in [-0.2, -0.15) is 4.98 Å². The molecule has 0 saturated heterocycles. The summed E-state index contributed by atoms with van der Waals surface area (Å²) in [5, 5.41) is 14.2. The number of benzene rings is 1. The molecule has 1 aliphatic carbocycles. The van der Waals surface area contributed by atoms with E-state index in [0.717, 1.165) is 29.4 Å². The summed E-state index contributed by atoms with van der Waals surface area (Å²) in [4.78, 5) is 4.64. The number of thioether (sulfide) groups is 1. The molecule has 2 heterocycles. The molecule has 0 bridgehead atoms. The first kappa shape index (κ1) is 23.6. The van der Waals surface area contributed by atoms with Gasteiger partial charge in [-0.15, -0.1) is 10.2 Å². The first-order valence-corrected chi connectivity index (χ1v) is 12.4. The topological polar surface area (TPSA) is 88.1 Å². The van der Waals surface area contributed by atoms with Gasteiger partial charge in [-0.25, -0.2) is 0 Å². The van der Waals surface area contributed by atoms with Crippen molar-refractivity contribution in [3.63, 3.8) is 0 Å². The minimum absolute atomic E-state index is 0.0432. The van der Waals surface area contributed by atoms with Crippen molar-refractivity contribution < 1.29 is 14.0 Å². The molecule has 1 unspecified atom stereocenters.